The Morgan fingerprint density at radius 2 is 2.21 bits per heavy atom. The van der Waals surface area contributed by atoms with Crippen LogP contribution in [0.25, 0.3) is 11.3 Å². The van der Waals surface area contributed by atoms with Gasteiger partial charge in [-0.15, -0.1) is 0 Å². The molecule has 144 valence electrons. The van der Waals surface area contributed by atoms with Gasteiger partial charge < -0.3 is 9.73 Å². The molecule has 1 unspecified atom stereocenters. The van der Waals surface area contributed by atoms with E-state index in [4.69, 9.17) is 4.42 Å². The van der Waals surface area contributed by atoms with Gasteiger partial charge in [-0.1, -0.05) is 18.2 Å². The van der Waals surface area contributed by atoms with Crippen molar-refractivity contribution in [1.82, 2.24) is 20.2 Å². The molecule has 1 N–H and O–H groups in total. The van der Waals surface area contributed by atoms with Crippen molar-refractivity contribution in [2.75, 3.05) is 26.2 Å². The number of nitro groups is 1. The van der Waals surface area contributed by atoms with Crippen molar-refractivity contribution in [3.63, 3.8) is 0 Å². The number of aromatic nitrogens is 2. The molecule has 2 aromatic heterocycles. The highest BCUT2D eigenvalue weighted by molar-refractivity contribution is 5.60. The number of rotatable bonds is 6. The van der Waals surface area contributed by atoms with Gasteiger partial charge in [-0.3, -0.25) is 20.0 Å². The van der Waals surface area contributed by atoms with Gasteiger partial charge in [0.15, 0.2) is 11.7 Å². The lowest BCUT2D eigenvalue weighted by molar-refractivity contribution is -0.384. The molecule has 0 bridgehead atoms. The molecule has 28 heavy (non-hydrogen) atoms. The second-order valence-corrected chi connectivity index (χ2v) is 6.72. The number of oxazole rings is 1. The Balaban J connectivity index is 1.44. The minimum Gasteiger partial charge on any atom is -0.441 e. The molecule has 0 saturated carbocycles. The summed E-state index contributed by atoms with van der Waals surface area (Å²) in [6.07, 6.45) is 6.00. The number of benzene rings is 1. The van der Waals surface area contributed by atoms with Crippen LogP contribution in [0.15, 0.2) is 59.4 Å². The van der Waals surface area contributed by atoms with E-state index in [0.29, 0.717) is 23.6 Å². The first-order valence-corrected chi connectivity index (χ1v) is 9.25. The lowest BCUT2D eigenvalue weighted by Crippen LogP contribution is -2.46. The van der Waals surface area contributed by atoms with Gasteiger partial charge in [-0.05, 0) is 11.6 Å². The van der Waals surface area contributed by atoms with E-state index in [1.54, 1.807) is 24.5 Å². The summed E-state index contributed by atoms with van der Waals surface area (Å²) in [5.41, 5.74) is 1.89. The van der Waals surface area contributed by atoms with Gasteiger partial charge in [0.1, 0.15) is 0 Å². The highest BCUT2D eigenvalue weighted by Crippen LogP contribution is 2.25. The second kappa shape index (κ2) is 8.28. The molecule has 4 rings (SSSR count). The molecule has 1 fully saturated rings. The van der Waals surface area contributed by atoms with Gasteiger partial charge in [0, 0.05) is 68.7 Å². The van der Waals surface area contributed by atoms with Crippen molar-refractivity contribution in [3.05, 3.63) is 76.6 Å². The summed E-state index contributed by atoms with van der Waals surface area (Å²) in [6, 6.07) is 10.7. The number of nitrogens with one attached hydrogen (secondary N) is 1. The van der Waals surface area contributed by atoms with E-state index in [1.165, 1.54) is 17.7 Å². The normalized spacial score (nSPS) is 17.5. The summed E-state index contributed by atoms with van der Waals surface area (Å²) in [4.78, 5) is 21.5. The van der Waals surface area contributed by atoms with Crippen molar-refractivity contribution in [2.24, 2.45) is 0 Å². The van der Waals surface area contributed by atoms with Crippen LogP contribution < -0.4 is 5.32 Å². The first kappa shape index (κ1) is 18.3. The summed E-state index contributed by atoms with van der Waals surface area (Å²) < 4.78 is 5.85. The van der Waals surface area contributed by atoms with E-state index < -0.39 is 4.92 Å². The van der Waals surface area contributed by atoms with Crippen LogP contribution >= 0.6 is 0 Å². The Labute approximate surface area is 162 Å². The molecule has 0 spiro atoms. The Hall–Kier alpha value is -3.10. The van der Waals surface area contributed by atoms with Crippen molar-refractivity contribution in [3.8, 4) is 11.3 Å². The number of hydrogen-bond acceptors (Lipinski definition) is 7. The third-order valence-corrected chi connectivity index (χ3v) is 4.93. The molecule has 1 saturated heterocycles. The maximum atomic E-state index is 11.0. The zero-order valence-electron chi connectivity index (χ0n) is 15.3. The van der Waals surface area contributed by atoms with E-state index >= 15 is 0 Å². The van der Waals surface area contributed by atoms with E-state index in [1.807, 2.05) is 12.3 Å². The number of piperazine rings is 1. The molecular formula is C20H21N5O3. The van der Waals surface area contributed by atoms with E-state index in [9.17, 15) is 10.1 Å². The molecule has 3 heterocycles. The Bertz CT molecular complexity index is 944. The van der Waals surface area contributed by atoms with Gasteiger partial charge in [0.25, 0.3) is 5.69 Å². The highest BCUT2D eigenvalue weighted by atomic mass is 16.6. The van der Waals surface area contributed by atoms with Crippen LogP contribution in [0.1, 0.15) is 17.5 Å². The average Bonchev–Trinajstić information content (AvgIpc) is 3.22. The minimum absolute atomic E-state index is 0.0376. The maximum absolute atomic E-state index is 11.0. The van der Waals surface area contributed by atoms with Crippen molar-refractivity contribution < 1.29 is 9.34 Å². The van der Waals surface area contributed by atoms with Gasteiger partial charge in [0.05, 0.1) is 11.1 Å². The standard InChI is InChI=1S/C20H21N5O3/c26-25(27)17-5-1-3-15(11-17)19-14-23-20(28-19)6-9-24-10-8-22-13-18(24)16-4-2-7-21-12-16/h1-5,7,11-12,14,18,22H,6,8-10,13H2. The molecule has 3 aromatic rings. The molecule has 1 aromatic carbocycles. The third-order valence-electron chi connectivity index (χ3n) is 4.93. The molecule has 0 aliphatic carbocycles. The van der Waals surface area contributed by atoms with Gasteiger partial charge >= 0.3 is 0 Å². The zero-order valence-corrected chi connectivity index (χ0v) is 15.3. The number of nitrogens with zero attached hydrogens (tertiary/aromatic N) is 4. The quantitative estimate of drug-likeness (QED) is 0.519. The summed E-state index contributed by atoms with van der Waals surface area (Å²) in [5, 5.41) is 14.4. The average molecular weight is 379 g/mol. The van der Waals surface area contributed by atoms with Crippen molar-refractivity contribution >= 4 is 5.69 Å². The van der Waals surface area contributed by atoms with Crippen molar-refractivity contribution in [1.29, 1.82) is 0 Å². The fourth-order valence-corrected chi connectivity index (χ4v) is 3.49. The topological polar surface area (TPSA) is 97.3 Å². The van der Waals surface area contributed by atoms with Gasteiger partial charge in [0.2, 0.25) is 0 Å². The molecule has 8 nitrogen and oxygen atoms in total. The molecule has 1 aliphatic heterocycles. The molecule has 0 radical (unpaired) electrons. The SMILES string of the molecule is O=[N+]([O-])c1cccc(-c2cnc(CCN3CCNCC3c3cccnc3)o2)c1. The van der Waals surface area contributed by atoms with Crippen LogP contribution in [0.4, 0.5) is 5.69 Å². The van der Waals surface area contributed by atoms with Crippen LogP contribution in [0.2, 0.25) is 0 Å². The summed E-state index contributed by atoms with van der Waals surface area (Å²) in [6.45, 7) is 3.59. The van der Waals surface area contributed by atoms with Crippen LogP contribution in [0, 0.1) is 10.1 Å². The Kier molecular flexibility index (Phi) is 5.41. The van der Waals surface area contributed by atoms with Gasteiger partial charge in [-0.2, -0.15) is 0 Å². The smallest absolute Gasteiger partial charge is 0.270 e. The largest absolute Gasteiger partial charge is 0.441 e. The molecule has 0 amide bonds. The zero-order chi connectivity index (χ0) is 19.3. The first-order valence-electron chi connectivity index (χ1n) is 9.25. The van der Waals surface area contributed by atoms with Gasteiger partial charge in [-0.25, -0.2) is 4.98 Å². The number of pyridine rings is 1. The van der Waals surface area contributed by atoms with Crippen LogP contribution in [-0.4, -0.2) is 46.0 Å². The molecule has 1 atom stereocenters. The fourth-order valence-electron chi connectivity index (χ4n) is 3.49. The summed E-state index contributed by atoms with van der Waals surface area (Å²) in [5.74, 6) is 1.17. The Morgan fingerprint density at radius 3 is 3.04 bits per heavy atom. The molecule has 1 aliphatic rings. The molecular weight excluding hydrogens is 358 g/mol. The van der Waals surface area contributed by atoms with Crippen LogP contribution in [0.3, 0.4) is 0 Å². The van der Waals surface area contributed by atoms with Crippen LogP contribution in [-0.2, 0) is 6.42 Å². The van der Waals surface area contributed by atoms with E-state index in [-0.39, 0.29) is 11.7 Å². The number of nitro benzene ring substituents is 1. The number of hydrogen-bond donors (Lipinski definition) is 1. The predicted octanol–water partition coefficient (Wildman–Crippen LogP) is 2.83. The summed E-state index contributed by atoms with van der Waals surface area (Å²) in [7, 11) is 0. The second-order valence-electron chi connectivity index (χ2n) is 6.72. The lowest BCUT2D eigenvalue weighted by atomic mass is 10.1. The molecule has 8 heteroatoms. The first-order chi connectivity index (χ1) is 13.7. The fraction of sp³-hybridized carbons (Fsp3) is 0.300. The Morgan fingerprint density at radius 1 is 1.29 bits per heavy atom. The third kappa shape index (κ3) is 4.08. The monoisotopic (exact) mass is 379 g/mol. The predicted molar refractivity (Wildman–Crippen MR) is 104 cm³/mol. The lowest BCUT2D eigenvalue weighted by Gasteiger charge is -2.36. The maximum Gasteiger partial charge on any atom is 0.270 e. The minimum atomic E-state index is -0.413. The van der Waals surface area contributed by atoms with E-state index in [2.05, 4.69) is 26.3 Å². The van der Waals surface area contributed by atoms with E-state index in [0.717, 1.165) is 26.2 Å². The number of non-ortho nitro benzene ring substituents is 1. The van der Waals surface area contributed by atoms with Crippen molar-refractivity contribution in [2.45, 2.75) is 12.5 Å². The van der Waals surface area contributed by atoms with Crippen LogP contribution in [0.5, 0.6) is 0 Å². The highest BCUT2D eigenvalue weighted by Gasteiger charge is 2.24. The summed E-state index contributed by atoms with van der Waals surface area (Å²) >= 11 is 0.